The number of rotatable bonds is 7. The van der Waals surface area contributed by atoms with E-state index in [0.717, 1.165) is 12.8 Å². The van der Waals surface area contributed by atoms with Crippen molar-refractivity contribution in [3.05, 3.63) is 47.1 Å². The van der Waals surface area contributed by atoms with Crippen LogP contribution in [0.4, 0.5) is 21.9 Å². The number of carbonyl (C=O) groups is 1. The minimum Gasteiger partial charge on any atom is -0.495 e. The molecule has 4 rings (SSSR count). The molecule has 35 heavy (non-hydrogen) atoms. The number of anilines is 3. The first kappa shape index (κ1) is 24.4. The average molecular weight is 496 g/mol. The van der Waals surface area contributed by atoms with Gasteiger partial charge in [0, 0.05) is 48.7 Å². The largest absolute Gasteiger partial charge is 0.495 e. The van der Waals surface area contributed by atoms with Crippen LogP contribution in [0.15, 0.2) is 36.5 Å². The summed E-state index contributed by atoms with van der Waals surface area (Å²) in [5, 5.41) is 20.0. The van der Waals surface area contributed by atoms with Crippen LogP contribution in [0.1, 0.15) is 25.3 Å². The molecule has 0 bridgehead atoms. The van der Waals surface area contributed by atoms with Crippen molar-refractivity contribution in [2.24, 2.45) is 0 Å². The van der Waals surface area contributed by atoms with E-state index in [2.05, 4.69) is 27.0 Å². The van der Waals surface area contributed by atoms with Gasteiger partial charge in [0.25, 0.3) is 0 Å². The summed E-state index contributed by atoms with van der Waals surface area (Å²) in [6.45, 7) is 3.52. The number of nitriles is 1. The van der Waals surface area contributed by atoms with Gasteiger partial charge >= 0.3 is 6.03 Å². The number of hydrogen-bond donors (Lipinski definition) is 3. The molecule has 2 aromatic carbocycles. The highest BCUT2D eigenvalue weighted by molar-refractivity contribution is 6.32. The van der Waals surface area contributed by atoms with Crippen LogP contribution in [0, 0.1) is 11.3 Å². The third-order valence-electron chi connectivity index (χ3n) is 5.61. The fourth-order valence-electron chi connectivity index (χ4n) is 3.88. The van der Waals surface area contributed by atoms with E-state index in [-0.39, 0.29) is 12.1 Å². The van der Waals surface area contributed by atoms with Crippen molar-refractivity contribution in [1.82, 2.24) is 10.3 Å². The first-order valence-corrected chi connectivity index (χ1v) is 11.7. The molecule has 3 aromatic rings. The van der Waals surface area contributed by atoms with Crippen LogP contribution in [0.2, 0.25) is 5.02 Å². The summed E-state index contributed by atoms with van der Waals surface area (Å²) >= 11 is 6.16. The smallest absolute Gasteiger partial charge is 0.319 e. The number of methoxy groups -OCH3 is 1. The van der Waals surface area contributed by atoms with Crippen LogP contribution in [0.5, 0.6) is 11.5 Å². The molecule has 0 saturated carbocycles. The summed E-state index contributed by atoms with van der Waals surface area (Å²) < 4.78 is 16.4. The highest BCUT2D eigenvalue weighted by Gasteiger charge is 2.19. The van der Waals surface area contributed by atoms with Gasteiger partial charge in [-0.2, -0.15) is 5.26 Å². The van der Waals surface area contributed by atoms with Crippen molar-refractivity contribution in [1.29, 1.82) is 5.26 Å². The minimum atomic E-state index is -0.335. The van der Waals surface area contributed by atoms with Crippen molar-refractivity contribution in [2.45, 2.75) is 25.8 Å². The standard InChI is InChI=1S/C25H26ClN5O4/c1-3-35-23-12-20-18(11-21(23)31-25(32)30-16-6-8-34-9-7-16)24(15(13-27)14-28-20)29-17-4-5-19(26)22(10-17)33-2/h4-5,10-12,14,16H,3,6-9H2,1-2H3,(H,28,29)(H2,30,31,32). The lowest BCUT2D eigenvalue weighted by molar-refractivity contribution is 0.0806. The molecule has 0 atom stereocenters. The summed E-state index contributed by atoms with van der Waals surface area (Å²) in [5.41, 5.74) is 2.63. The van der Waals surface area contributed by atoms with Gasteiger partial charge in [-0.05, 0) is 38.0 Å². The molecule has 0 spiro atoms. The van der Waals surface area contributed by atoms with E-state index >= 15 is 0 Å². The Morgan fingerprint density at radius 1 is 1.26 bits per heavy atom. The van der Waals surface area contributed by atoms with Crippen LogP contribution < -0.4 is 25.4 Å². The molecule has 3 N–H and O–H groups in total. The van der Waals surface area contributed by atoms with Gasteiger partial charge in [-0.25, -0.2) is 4.79 Å². The number of hydrogen-bond acceptors (Lipinski definition) is 7. The maximum atomic E-state index is 12.7. The number of amides is 2. The van der Waals surface area contributed by atoms with Gasteiger partial charge in [0.15, 0.2) is 0 Å². The maximum Gasteiger partial charge on any atom is 0.319 e. The molecule has 9 nitrogen and oxygen atoms in total. The highest BCUT2D eigenvalue weighted by Crippen LogP contribution is 2.37. The average Bonchev–Trinajstić information content (AvgIpc) is 2.86. The number of urea groups is 1. The van der Waals surface area contributed by atoms with E-state index < -0.39 is 0 Å². The normalized spacial score (nSPS) is 13.7. The third kappa shape index (κ3) is 5.67. The molecule has 182 valence electrons. The summed E-state index contributed by atoms with van der Waals surface area (Å²) in [5.74, 6) is 0.984. The predicted molar refractivity (Wildman–Crippen MR) is 135 cm³/mol. The van der Waals surface area contributed by atoms with Gasteiger partial charge in [0.1, 0.15) is 17.6 Å². The van der Waals surface area contributed by atoms with Crippen LogP contribution in [-0.4, -0.2) is 44.0 Å². The van der Waals surface area contributed by atoms with Gasteiger partial charge in [-0.15, -0.1) is 0 Å². The maximum absolute atomic E-state index is 12.7. The van der Waals surface area contributed by atoms with E-state index in [4.69, 9.17) is 25.8 Å². The van der Waals surface area contributed by atoms with E-state index in [1.165, 1.54) is 13.3 Å². The summed E-state index contributed by atoms with van der Waals surface area (Å²) in [7, 11) is 1.53. The zero-order valence-electron chi connectivity index (χ0n) is 19.5. The van der Waals surface area contributed by atoms with Crippen LogP contribution in [0.3, 0.4) is 0 Å². The Morgan fingerprint density at radius 2 is 2.06 bits per heavy atom. The lowest BCUT2D eigenvalue weighted by Crippen LogP contribution is -2.41. The van der Waals surface area contributed by atoms with Crippen molar-refractivity contribution in [2.75, 3.05) is 37.6 Å². The summed E-state index contributed by atoms with van der Waals surface area (Å²) in [6.07, 6.45) is 3.02. The Hall–Kier alpha value is -3.74. The zero-order chi connectivity index (χ0) is 24.8. The molecule has 1 fully saturated rings. The van der Waals surface area contributed by atoms with Crippen molar-refractivity contribution in [3.8, 4) is 17.6 Å². The number of carbonyl (C=O) groups excluding carboxylic acids is 1. The number of benzene rings is 2. The molecule has 1 aliphatic heterocycles. The molecule has 2 amide bonds. The SMILES string of the molecule is CCOc1cc2ncc(C#N)c(Nc3ccc(Cl)c(OC)c3)c2cc1NC(=O)NC1CCOCC1. The summed E-state index contributed by atoms with van der Waals surface area (Å²) in [6, 6.07) is 10.6. The molecule has 1 saturated heterocycles. The van der Waals surface area contributed by atoms with Crippen LogP contribution in [-0.2, 0) is 4.74 Å². The van der Waals surface area contributed by atoms with E-state index in [1.807, 2.05) is 6.92 Å². The van der Waals surface area contributed by atoms with Gasteiger partial charge in [-0.3, -0.25) is 4.98 Å². The lowest BCUT2D eigenvalue weighted by Gasteiger charge is -2.23. The molecule has 1 aromatic heterocycles. The Balaban J connectivity index is 1.72. The van der Waals surface area contributed by atoms with Crippen molar-refractivity contribution < 1.29 is 19.0 Å². The quantitative estimate of drug-likeness (QED) is 0.411. The monoisotopic (exact) mass is 495 g/mol. The second kappa shape index (κ2) is 11.1. The molecule has 2 heterocycles. The van der Waals surface area contributed by atoms with Gasteiger partial charge in [-0.1, -0.05) is 11.6 Å². The fraction of sp³-hybridized carbons (Fsp3) is 0.320. The first-order valence-electron chi connectivity index (χ1n) is 11.3. The molecular weight excluding hydrogens is 470 g/mol. The Morgan fingerprint density at radius 3 is 2.77 bits per heavy atom. The molecule has 0 radical (unpaired) electrons. The predicted octanol–water partition coefficient (Wildman–Crippen LogP) is 5.21. The van der Waals surface area contributed by atoms with E-state index in [0.29, 0.717) is 69.9 Å². The second-order valence-electron chi connectivity index (χ2n) is 7.92. The number of nitrogens with zero attached hydrogens (tertiary/aromatic N) is 2. The minimum absolute atomic E-state index is 0.0451. The number of aromatic nitrogens is 1. The molecule has 0 aliphatic carbocycles. The number of nitrogens with one attached hydrogen (secondary N) is 3. The number of fused-ring (bicyclic) bond motifs is 1. The molecule has 1 aliphatic rings. The molecule has 10 heteroatoms. The van der Waals surface area contributed by atoms with E-state index in [9.17, 15) is 10.1 Å². The van der Waals surface area contributed by atoms with Crippen molar-refractivity contribution in [3.63, 3.8) is 0 Å². The lowest BCUT2D eigenvalue weighted by atomic mass is 10.1. The Bertz CT molecular complexity index is 1270. The van der Waals surface area contributed by atoms with Crippen molar-refractivity contribution >= 4 is 45.6 Å². The van der Waals surface area contributed by atoms with Gasteiger partial charge in [0.05, 0.1) is 41.2 Å². The number of halogens is 1. The number of ether oxygens (including phenoxy) is 3. The topological polar surface area (TPSA) is 118 Å². The van der Waals surface area contributed by atoms with Gasteiger partial charge in [0.2, 0.25) is 0 Å². The zero-order valence-corrected chi connectivity index (χ0v) is 20.2. The van der Waals surface area contributed by atoms with Crippen LogP contribution >= 0.6 is 11.6 Å². The third-order valence-corrected chi connectivity index (χ3v) is 5.93. The molecular formula is C25H26ClN5O4. The van der Waals surface area contributed by atoms with E-state index in [1.54, 1.807) is 30.3 Å². The first-order chi connectivity index (χ1) is 17.0. The second-order valence-corrected chi connectivity index (χ2v) is 8.32. The summed E-state index contributed by atoms with van der Waals surface area (Å²) in [4.78, 5) is 17.2. The fourth-order valence-corrected chi connectivity index (χ4v) is 4.07. The van der Waals surface area contributed by atoms with Gasteiger partial charge < -0.3 is 30.2 Å². The number of pyridine rings is 1. The Kier molecular flexibility index (Phi) is 7.75. The molecule has 0 unspecified atom stereocenters. The highest BCUT2D eigenvalue weighted by atomic mass is 35.5. The van der Waals surface area contributed by atoms with Crippen LogP contribution in [0.25, 0.3) is 10.9 Å². The Labute approximate surface area is 208 Å².